The van der Waals surface area contributed by atoms with Crippen LogP contribution < -0.4 is 10.1 Å². The smallest absolute Gasteiger partial charge is 0.410 e. The van der Waals surface area contributed by atoms with Crippen LogP contribution in [-0.4, -0.2) is 52.1 Å². The van der Waals surface area contributed by atoms with E-state index in [4.69, 9.17) is 9.47 Å². The summed E-state index contributed by atoms with van der Waals surface area (Å²) in [6, 6.07) is 3.78. The van der Waals surface area contributed by atoms with Crippen LogP contribution in [0.2, 0.25) is 0 Å². The average molecular weight is 415 g/mol. The summed E-state index contributed by atoms with van der Waals surface area (Å²) in [5.74, 6) is 1.82. The number of piperidine rings is 1. The average Bonchev–Trinajstić information content (AvgIpc) is 2.99. The molecule has 8 heteroatoms. The maximum Gasteiger partial charge on any atom is 0.410 e. The second-order valence-corrected chi connectivity index (χ2v) is 9.77. The van der Waals surface area contributed by atoms with Crippen molar-refractivity contribution >= 4 is 17.5 Å². The number of nitrogens with one attached hydrogen (secondary N) is 1. The Morgan fingerprint density at radius 2 is 1.83 bits per heavy atom. The number of rotatable bonds is 4. The summed E-state index contributed by atoms with van der Waals surface area (Å²) in [6.07, 6.45) is 3.37. The van der Waals surface area contributed by atoms with Crippen LogP contribution in [-0.2, 0) is 15.1 Å². The number of amides is 2. The molecule has 1 N–H and O–H groups in total. The van der Waals surface area contributed by atoms with E-state index in [2.05, 4.69) is 10.3 Å². The quantitative estimate of drug-likeness (QED) is 0.832. The largest absolute Gasteiger partial charge is 0.494 e. The molecule has 0 unspecified atom stereocenters. The van der Waals surface area contributed by atoms with Gasteiger partial charge in [0.15, 0.2) is 0 Å². The zero-order chi connectivity index (χ0) is 21.8. The first-order valence-electron chi connectivity index (χ1n) is 10.3. The SMILES string of the molecule is COc1cccn2c(C(C)(C)NC(=O)[C@H]3[C@@H]4CN(C(=O)OC(C)(C)C)C[C@@H]43)ncc12. The fraction of sp³-hybridized carbons (Fsp3) is 0.591. The zero-order valence-electron chi connectivity index (χ0n) is 18.4. The summed E-state index contributed by atoms with van der Waals surface area (Å²) in [4.78, 5) is 31.5. The molecule has 8 nitrogen and oxygen atoms in total. The van der Waals surface area contributed by atoms with Gasteiger partial charge in [0.1, 0.15) is 22.7 Å². The first-order valence-corrected chi connectivity index (χ1v) is 10.3. The number of likely N-dealkylation sites (tertiary alicyclic amines) is 1. The molecular weight excluding hydrogens is 384 g/mol. The predicted molar refractivity (Wildman–Crippen MR) is 111 cm³/mol. The van der Waals surface area contributed by atoms with E-state index in [1.165, 1.54) is 0 Å². The van der Waals surface area contributed by atoms with Crippen molar-refractivity contribution in [2.45, 2.75) is 45.8 Å². The van der Waals surface area contributed by atoms with E-state index in [0.717, 1.165) is 17.1 Å². The van der Waals surface area contributed by atoms with Crippen LogP contribution in [0.25, 0.3) is 5.52 Å². The van der Waals surface area contributed by atoms with Crippen LogP contribution in [0.1, 0.15) is 40.4 Å². The van der Waals surface area contributed by atoms with E-state index in [1.807, 2.05) is 57.3 Å². The van der Waals surface area contributed by atoms with Crippen LogP contribution in [0.15, 0.2) is 24.5 Å². The van der Waals surface area contributed by atoms with E-state index in [0.29, 0.717) is 13.1 Å². The molecule has 3 atom stereocenters. The van der Waals surface area contributed by atoms with Crippen LogP contribution in [0, 0.1) is 17.8 Å². The van der Waals surface area contributed by atoms with Crippen LogP contribution >= 0.6 is 0 Å². The number of carbonyl (C=O) groups is 2. The van der Waals surface area contributed by atoms with Gasteiger partial charge >= 0.3 is 6.09 Å². The number of ether oxygens (including phenoxy) is 2. The molecule has 2 aliphatic rings. The number of aromatic nitrogens is 2. The molecule has 1 saturated heterocycles. The Morgan fingerprint density at radius 1 is 1.17 bits per heavy atom. The molecule has 1 aliphatic carbocycles. The zero-order valence-corrected chi connectivity index (χ0v) is 18.4. The lowest BCUT2D eigenvalue weighted by molar-refractivity contribution is -0.125. The number of methoxy groups -OCH3 is 1. The Labute approximate surface area is 176 Å². The number of carbonyl (C=O) groups excluding carboxylic acids is 2. The van der Waals surface area contributed by atoms with Gasteiger partial charge in [0.05, 0.1) is 18.8 Å². The van der Waals surface area contributed by atoms with Crippen LogP contribution in [0.3, 0.4) is 0 Å². The fourth-order valence-corrected chi connectivity index (χ4v) is 4.47. The molecule has 0 spiro atoms. The van der Waals surface area contributed by atoms with E-state index in [9.17, 15) is 9.59 Å². The lowest BCUT2D eigenvalue weighted by Gasteiger charge is -2.27. The molecule has 0 radical (unpaired) electrons. The molecular formula is C22H30N4O4. The maximum absolute atomic E-state index is 13.0. The number of pyridine rings is 1. The highest BCUT2D eigenvalue weighted by molar-refractivity contribution is 5.84. The fourth-order valence-electron chi connectivity index (χ4n) is 4.47. The monoisotopic (exact) mass is 414 g/mol. The van der Waals surface area contributed by atoms with Crippen molar-refractivity contribution in [3.05, 3.63) is 30.4 Å². The van der Waals surface area contributed by atoms with Crippen LogP contribution in [0.4, 0.5) is 4.79 Å². The van der Waals surface area contributed by atoms with Crippen molar-refractivity contribution in [2.24, 2.45) is 17.8 Å². The molecule has 162 valence electrons. The van der Waals surface area contributed by atoms with Gasteiger partial charge in [-0.2, -0.15) is 0 Å². The minimum atomic E-state index is -0.655. The molecule has 2 amide bonds. The standard InChI is InChI=1S/C22H30N4O4/c1-21(2,3)30-20(28)25-11-13-14(12-25)17(13)18(27)24-22(4,5)19-23-10-15-16(29-6)8-7-9-26(15)19/h7-10,13-14,17H,11-12H2,1-6H3,(H,24,27)/t13-,14+,17+. The number of hydrogen-bond acceptors (Lipinski definition) is 5. The van der Waals surface area contributed by atoms with Crippen molar-refractivity contribution < 1.29 is 19.1 Å². The van der Waals surface area contributed by atoms with Gasteiger partial charge in [0.25, 0.3) is 0 Å². The van der Waals surface area contributed by atoms with Crippen molar-refractivity contribution in [1.29, 1.82) is 0 Å². The summed E-state index contributed by atoms with van der Waals surface area (Å²) >= 11 is 0. The van der Waals surface area contributed by atoms with E-state index in [1.54, 1.807) is 18.2 Å². The van der Waals surface area contributed by atoms with Gasteiger partial charge < -0.3 is 19.7 Å². The summed E-state index contributed by atoms with van der Waals surface area (Å²) < 4.78 is 12.8. The Balaban J connectivity index is 1.41. The first kappa shape index (κ1) is 20.5. The molecule has 30 heavy (non-hydrogen) atoms. The van der Waals surface area contributed by atoms with Gasteiger partial charge in [0.2, 0.25) is 5.91 Å². The summed E-state index contributed by atoms with van der Waals surface area (Å²) in [7, 11) is 1.63. The lowest BCUT2D eigenvalue weighted by atomic mass is 10.0. The second-order valence-electron chi connectivity index (χ2n) is 9.77. The third kappa shape index (κ3) is 3.59. The summed E-state index contributed by atoms with van der Waals surface area (Å²) in [5.41, 5.74) is -0.314. The Morgan fingerprint density at radius 3 is 2.43 bits per heavy atom. The highest BCUT2D eigenvalue weighted by Gasteiger charge is 2.61. The molecule has 1 aliphatic heterocycles. The van der Waals surface area contributed by atoms with Crippen molar-refractivity contribution in [1.82, 2.24) is 19.6 Å². The van der Waals surface area contributed by atoms with Crippen molar-refractivity contribution in [3.63, 3.8) is 0 Å². The molecule has 2 aromatic rings. The first-order chi connectivity index (χ1) is 14.0. The van der Waals surface area contributed by atoms with Crippen molar-refractivity contribution in [3.8, 4) is 5.75 Å². The molecule has 3 heterocycles. The van der Waals surface area contributed by atoms with Gasteiger partial charge in [-0.15, -0.1) is 0 Å². The molecule has 1 saturated carbocycles. The maximum atomic E-state index is 13.0. The van der Waals surface area contributed by atoms with Gasteiger partial charge in [-0.05, 0) is 58.6 Å². The molecule has 4 rings (SSSR count). The normalized spacial score (nSPS) is 23.3. The molecule has 2 fully saturated rings. The van der Waals surface area contributed by atoms with Gasteiger partial charge in [-0.3, -0.25) is 9.20 Å². The predicted octanol–water partition coefficient (Wildman–Crippen LogP) is 2.81. The van der Waals surface area contributed by atoms with Gasteiger partial charge in [-0.25, -0.2) is 9.78 Å². The van der Waals surface area contributed by atoms with Crippen molar-refractivity contribution in [2.75, 3.05) is 20.2 Å². The number of imidazole rings is 1. The third-order valence-electron chi connectivity index (χ3n) is 5.90. The molecule has 0 bridgehead atoms. The Bertz CT molecular complexity index is 979. The Hall–Kier alpha value is -2.77. The highest BCUT2D eigenvalue weighted by Crippen LogP contribution is 2.52. The lowest BCUT2D eigenvalue weighted by Crippen LogP contribution is -2.45. The topological polar surface area (TPSA) is 85.2 Å². The number of nitrogens with zero attached hydrogens (tertiary/aromatic N) is 3. The Kier molecular flexibility index (Phi) is 4.71. The summed E-state index contributed by atoms with van der Waals surface area (Å²) in [6.45, 7) is 10.6. The van der Waals surface area contributed by atoms with E-state index >= 15 is 0 Å². The molecule has 0 aromatic carbocycles. The van der Waals surface area contributed by atoms with Crippen LogP contribution in [0.5, 0.6) is 5.75 Å². The van der Waals surface area contributed by atoms with Gasteiger partial charge in [0, 0.05) is 25.2 Å². The summed E-state index contributed by atoms with van der Waals surface area (Å²) in [5, 5.41) is 3.16. The third-order valence-corrected chi connectivity index (χ3v) is 5.90. The van der Waals surface area contributed by atoms with Gasteiger partial charge in [-0.1, -0.05) is 0 Å². The number of hydrogen-bond donors (Lipinski definition) is 1. The van der Waals surface area contributed by atoms with E-state index < -0.39 is 11.1 Å². The highest BCUT2D eigenvalue weighted by atomic mass is 16.6. The minimum absolute atomic E-state index is 0.0125. The molecule has 2 aromatic heterocycles. The minimum Gasteiger partial charge on any atom is -0.494 e. The number of fused-ring (bicyclic) bond motifs is 2. The van der Waals surface area contributed by atoms with E-state index in [-0.39, 0.29) is 29.8 Å². The second kappa shape index (κ2) is 6.89.